The molecule has 1 rings (SSSR count). The number of nitrogens with one attached hydrogen (secondary N) is 2. The summed E-state index contributed by atoms with van der Waals surface area (Å²) in [6.45, 7) is 0. The molecule has 6 nitrogen and oxygen atoms in total. The third kappa shape index (κ3) is 4.09. The molecule has 0 heterocycles. The Labute approximate surface area is 92.7 Å². The van der Waals surface area contributed by atoms with E-state index in [1.54, 1.807) is 22.9 Å². The lowest BCUT2D eigenvalue weighted by molar-refractivity contribution is 0.0965. The van der Waals surface area contributed by atoms with Crippen LogP contribution in [0.4, 0.5) is 4.79 Å². The van der Waals surface area contributed by atoms with Crippen molar-refractivity contribution in [3.63, 3.8) is 0 Å². The van der Waals surface area contributed by atoms with Crippen molar-refractivity contribution in [1.82, 2.24) is 10.0 Å². The predicted octanol–water partition coefficient (Wildman–Crippen LogP) is 0.0856. The van der Waals surface area contributed by atoms with E-state index in [1.807, 2.05) is 5.32 Å². The number of hydrogen-bond donors (Lipinski definition) is 2. The van der Waals surface area contributed by atoms with E-state index in [9.17, 15) is 18.0 Å². The highest BCUT2D eigenvalue weighted by Gasteiger charge is 2.12. The van der Waals surface area contributed by atoms with E-state index < -0.39 is 22.0 Å². The van der Waals surface area contributed by atoms with Gasteiger partial charge in [-0.15, -0.1) is 0 Å². The van der Waals surface area contributed by atoms with Gasteiger partial charge in [0, 0.05) is 5.56 Å². The number of rotatable bonds is 2. The SMILES string of the molecule is CS(=O)(=O)NC(=O)NC(=O)c1ccccc1. The van der Waals surface area contributed by atoms with Gasteiger partial charge in [0.2, 0.25) is 10.0 Å². The van der Waals surface area contributed by atoms with Crippen molar-refractivity contribution in [1.29, 1.82) is 0 Å². The molecule has 0 aliphatic rings. The molecule has 0 radical (unpaired) electrons. The van der Waals surface area contributed by atoms with E-state index in [4.69, 9.17) is 0 Å². The molecule has 2 N–H and O–H groups in total. The number of hydrogen-bond acceptors (Lipinski definition) is 4. The average molecular weight is 242 g/mol. The van der Waals surface area contributed by atoms with Crippen LogP contribution in [0.25, 0.3) is 0 Å². The van der Waals surface area contributed by atoms with Crippen LogP contribution in [0.1, 0.15) is 10.4 Å². The van der Waals surface area contributed by atoms with Crippen LogP contribution in [0, 0.1) is 0 Å². The van der Waals surface area contributed by atoms with Crippen molar-refractivity contribution in [2.75, 3.05) is 6.26 Å². The Morgan fingerprint density at radius 3 is 2.19 bits per heavy atom. The third-order valence-corrected chi connectivity index (χ3v) is 2.10. The molecular formula is C9H10N2O4S. The lowest BCUT2D eigenvalue weighted by atomic mass is 10.2. The van der Waals surface area contributed by atoms with Crippen LogP contribution in [0.2, 0.25) is 0 Å². The largest absolute Gasteiger partial charge is 0.335 e. The molecule has 3 amide bonds. The molecule has 86 valence electrons. The quantitative estimate of drug-likeness (QED) is 0.768. The molecule has 0 aromatic heterocycles. The molecule has 16 heavy (non-hydrogen) atoms. The molecule has 0 fully saturated rings. The summed E-state index contributed by atoms with van der Waals surface area (Å²) in [5.74, 6) is -0.665. The van der Waals surface area contributed by atoms with Gasteiger partial charge in [-0.05, 0) is 12.1 Å². The van der Waals surface area contributed by atoms with Gasteiger partial charge in [-0.25, -0.2) is 17.9 Å². The van der Waals surface area contributed by atoms with Gasteiger partial charge in [-0.1, -0.05) is 18.2 Å². The normalized spacial score (nSPS) is 10.6. The van der Waals surface area contributed by atoms with Crippen molar-refractivity contribution >= 4 is 22.0 Å². The van der Waals surface area contributed by atoms with Gasteiger partial charge in [0.15, 0.2) is 0 Å². The van der Waals surface area contributed by atoms with Crippen molar-refractivity contribution < 1.29 is 18.0 Å². The topological polar surface area (TPSA) is 92.3 Å². The Morgan fingerprint density at radius 1 is 1.12 bits per heavy atom. The predicted molar refractivity (Wildman–Crippen MR) is 57.3 cm³/mol. The summed E-state index contributed by atoms with van der Waals surface area (Å²) in [4.78, 5) is 22.4. The molecule has 0 aliphatic heterocycles. The van der Waals surface area contributed by atoms with Gasteiger partial charge in [-0.3, -0.25) is 10.1 Å². The standard InChI is InChI=1S/C9H10N2O4S/c1-16(14,15)11-9(13)10-8(12)7-5-3-2-4-6-7/h2-6H,1H3,(H2,10,11,12,13). The third-order valence-electron chi connectivity index (χ3n) is 1.54. The molecule has 7 heteroatoms. The summed E-state index contributed by atoms with van der Waals surface area (Å²) in [5.41, 5.74) is 0.270. The number of carbonyl (C=O) groups excluding carboxylic acids is 2. The zero-order valence-electron chi connectivity index (χ0n) is 8.43. The van der Waals surface area contributed by atoms with E-state index in [1.165, 1.54) is 12.1 Å². The van der Waals surface area contributed by atoms with Crippen LogP contribution in [-0.4, -0.2) is 26.6 Å². The van der Waals surface area contributed by atoms with Gasteiger partial charge in [0.25, 0.3) is 5.91 Å². The minimum absolute atomic E-state index is 0.270. The van der Waals surface area contributed by atoms with Crippen molar-refractivity contribution in [3.8, 4) is 0 Å². The van der Waals surface area contributed by atoms with Gasteiger partial charge in [-0.2, -0.15) is 0 Å². The number of benzene rings is 1. The van der Waals surface area contributed by atoms with Gasteiger partial charge < -0.3 is 0 Å². The Balaban J connectivity index is 2.63. The maximum Gasteiger partial charge on any atom is 0.335 e. The lowest BCUT2D eigenvalue weighted by Gasteiger charge is -2.04. The number of sulfonamides is 1. The first-order valence-corrected chi connectivity index (χ1v) is 6.16. The molecule has 0 atom stereocenters. The van der Waals surface area contributed by atoms with Crippen LogP contribution >= 0.6 is 0 Å². The molecule has 0 unspecified atom stereocenters. The van der Waals surface area contributed by atoms with E-state index in [0.29, 0.717) is 0 Å². The Bertz CT molecular complexity index is 496. The molecular weight excluding hydrogens is 232 g/mol. The zero-order valence-corrected chi connectivity index (χ0v) is 9.24. The van der Waals surface area contributed by atoms with Crippen molar-refractivity contribution in [2.45, 2.75) is 0 Å². The first-order chi connectivity index (χ1) is 7.38. The highest BCUT2D eigenvalue weighted by molar-refractivity contribution is 7.89. The fraction of sp³-hybridized carbons (Fsp3) is 0.111. The Hall–Kier alpha value is -1.89. The maximum absolute atomic E-state index is 11.4. The molecule has 0 spiro atoms. The first kappa shape index (κ1) is 12.2. The minimum atomic E-state index is -3.67. The van der Waals surface area contributed by atoms with Crippen LogP contribution < -0.4 is 10.0 Å². The van der Waals surface area contributed by atoms with Crippen LogP contribution in [0.15, 0.2) is 30.3 Å². The van der Waals surface area contributed by atoms with Gasteiger partial charge >= 0.3 is 6.03 Å². The number of urea groups is 1. The number of amides is 3. The summed E-state index contributed by atoms with van der Waals surface area (Å²) >= 11 is 0. The van der Waals surface area contributed by atoms with Gasteiger partial charge in [0.05, 0.1) is 6.26 Å². The summed E-state index contributed by atoms with van der Waals surface area (Å²) in [5, 5.41) is 1.88. The summed E-state index contributed by atoms with van der Waals surface area (Å²) in [6.07, 6.45) is 0.819. The highest BCUT2D eigenvalue weighted by atomic mass is 32.2. The molecule has 0 bridgehead atoms. The molecule has 1 aromatic carbocycles. The first-order valence-electron chi connectivity index (χ1n) is 4.26. The van der Waals surface area contributed by atoms with Crippen LogP contribution in [0.3, 0.4) is 0 Å². The fourth-order valence-electron chi connectivity index (χ4n) is 0.959. The Kier molecular flexibility index (Phi) is 3.62. The monoisotopic (exact) mass is 242 g/mol. The average Bonchev–Trinajstić information content (AvgIpc) is 2.16. The van der Waals surface area contributed by atoms with E-state index >= 15 is 0 Å². The molecule has 0 saturated heterocycles. The number of imide groups is 1. The number of carbonyl (C=O) groups is 2. The maximum atomic E-state index is 11.4. The lowest BCUT2D eigenvalue weighted by Crippen LogP contribution is -2.41. The summed E-state index contributed by atoms with van der Waals surface area (Å²) in [7, 11) is -3.67. The highest BCUT2D eigenvalue weighted by Crippen LogP contribution is 1.97. The van der Waals surface area contributed by atoms with E-state index in [0.717, 1.165) is 6.26 Å². The Morgan fingerprint density at radius 2 is 1.69 bits per heavy atom. The second-order valence-electron chi connectivity index (χ2n) is 3.02. The summed E-state index contributed by atoms with van der Waals surface area (Å²) < 4.78 is 23.0. The van der Waals surface area contributed by atoms with Crippen molar-refractivity contribution in [3.05, 3.63) is 35.9 Å². The zero-order chi connectivity index (χ0) is 12.2. The minimum Gasteiger partial charge on any atom is -0.273 e. The smallest absolute Gasteiger partial charge is 0.273 e. The molecule has 0 saturated carbocycles. The second-order valence-corrected chi connectivity index (χ2v) is 4.77. The molecule has 0 aliphatic carbocycles. The van der Waals surface area contributed by atoms with Crippen molar-refractivity contribution in [2.24, 2.45) is 0 Å². The van der Waals surface area contributed by atoms with E-state index in [2.05, 4.69) is 0 Å². The molecule has 1 aromatic rings. The summed E-state index contributed by atoms with van der Waals surface area (Å²) in [6, 6.07) is 6.91. The second kappa shape index (κ2) is 4.75. The van der Waals surface area contributed by atoms with E-state index in [-0.39, 0.29) is 5.56 Å². The van der Waals surface area contributed by atoms with Crippen LogP contribution in [-0.2, 0) is 10.0 Å². The van der Waals surface area contributed by atoms with Gasteiger partial charge in [0.1, 0.15) is 0 Å². The van der Waals surface area contributed by atoms with Crippen LogP contribution in [0.5, 0.6) is 0 Å². The fourth-order valence-corrected chi connectivity index (χ4v) is 1.35.